The third-order valence-electron chi connectivity index (χ3n) is 2.87. The van der Waals surface area contributed by atoms with Crippen molar-refractivity contribution in [2.45, 2.75) is 39.0 Å². The summed E-state index contributed by atoms with van der Waals surface area (Å²) in [5.41, 5.74) is 0. The van der Waals surface area contributed by atoms with Crippen molar-refractivity contribution in [3.05, 3.63) is 46.0 Å². The highest BCUT2D eigenvalue weighted by atomic mass is 32.1. The molecule has 0 spiro atoms. The van der Waals surface area contributed by atoms with E-state index in [4.69, 9.17) is 4.42 Å². The zero-order valence-electron chi connectivity index (χ0n) is 10.7. The maximum absolute atomic E-state index is 10.0. The molecule has 4 heteroatoms. The first kappa shape index (κ1) is 13.3. The van der Waals surface area contributed by atoms with Crippen molar-refractivity contribution in [1.82, 2.24) is 5.32 Å². The average Bonchev–Trinajstić information content (AvgIpc) is 2.97. The van der Waals surface area contributed by atoms with Crippen LogP contribution in [-0.2, 0) is 6.54 Å². The molecule has 0 aliphatic carbocycles. The maximum atomic E-state index is 10.0. The number of rotatable bonds is 6. The van der Waals surface area contributed by atoms with E-state index in [-0.39, 0.29) is 12.1 Å². The Morgan fingerprint density at radius 3 is 2.83 bits per heavy atom. The fraction of sp³-hybridized carbons (Fsp3) is 0.429. The lowest BCUT2D eigenvalue weighted by atomic mass is 10.1. The van der Waals surface area contributed by atoms with Gasteiger partial charge < -0.3 is 14.8 Å². The Morgan fingerprint density at radius 1 is 1.39 bits per heavy atom. The summed E-state index contributed by atoms with van der Waals surface area (Å²) in [5, 5.41) is 15.4. The molecule has 0 unspecified atom stereocenters. The molecule has 0 saturated heterocycles. The van der Waals surface area contributed by atoms with E-state index in [1.807, 2.05) is 36.6 Å². The molecule has 18 heavy (non-hydrogen) atoms. The standard InChI is InChI=1S/C14H19NO2S/c1-10(8-13(16)14-4-3-7-18-14)15-9-12-6-5-11(2)17-12/h3-7,10,13,15-16H,8-9H2,1-2H3/t10-,13-/m0/s1. The van der Waals surface area contributed by atoms with Gasteiger partial charge >= 0.3 is 0 Å². The predicted octanol–water partition coefficient (Wildman–Crippen LogP) is 3.25. The first-order chi connectivity index (χ1) is 8.65. The summed E-state index contributed by atoms with van der Waals surface area (Å²) in [5.74, 6) is 1.86. The molecule has 0 bridgehead atoms. The third kappa shape index (κ3) is 3.70. The van der Waals surface area contributed by atoms with Crippen LogP contribution in [-0.4, -0.2) is 11.1 Å². The van der Waals surface area contributed by atoms with E-state index in [0.717, 1.165) is 16.4 Å². The number of thiophene rings is 1. The van der Waals surface area contributed by atoms with Crippen molar-refractivity contribution in [3.8, 4) is 0 Å². The van der Waals surface area contributed by atoms with E-state index in [0.29, 0.717) is 13.0 Å². The van der Waals surface area contributed by atoms with E-state index in [1.54, 1.807) is 11.3 Å². The van der Waals surface area contributed by atoms with Gasteiger partial charge in [0.05, 0.1) is 12.6 Å². The lowest BCUT2D eigenvalue weighted by molar-refractivity contribution is 0.157. The van der Waals surface area contributed by atoms with Gasteiger partial charge in [0.1, 0.15) is 11.5 Å². The molecule has 2 aromatic rings. The lowest BCUT2D eigenvalue weighted by Crippen LogP contribution is -2.27. The largest absolute Gasteiger partial charge is 0.465 e. The van der Waals surface area contributed by atoms with Crippen molar-refractivity contribution in [2.24, 2.45) is 0 Å². The summed E-state index contributed by atoms with van der Waals surface area (Å²) in [6.45, 7) is 4.71. The van der Waals surface area contributed by atoms with Gasteiger partial charge in [0, 0.05) is 10.9 Å². The van der Waals surface area contributed by atoms with E-state index in [1.165, 1.54) is 0 Å². The summed E-state index contributed by atoms with van der Waals surface area (Å²) >= 11 is 1.59. The molecule has 0 radical (unpaired) electrons. The summed E-state index contributed by atoms with van der Waals surface area (Å²) in [4.78, 5) is 1.03. The van der Waals surface area contributed by atoms with Crippen LogP contribution >= 0.6 is 11.3 Å². The second-order valence-electron chi connectivity index (χ2n) is 4.56. The Hall–Kier alpha value is -1.10. The summed E-state index contributed by atoms with van der Waals surface area (Å²) in [6, 6.07) is 8.12. The van der Waals surface area contributed by atoms with Crippen LogP contribution < -0.4 is 5.32 Å². The second kappa shape index (κ2) is 6.18. The van der Waals surface area contributed by atoms with Crippen LogP contribution in [0, 0.1) is 6.92 Å². The molecule has 2 rings (SSSR count). The van der Waals surface area contributed by atoms with E-state index >= 15 is 0 Å². The summed E-state index contributed by atoms with van der Waals surface area (Å²) in [7, 11) is 0. The quantitative estimate of drug-likeness (QED) is 0.842. The molecule has 0 saturated carbocycles. The zero-order valence-corrected chi connectivity index (χ0v) is 11.5. The number of aliphatic hydroxyl groups excluding tert-OH is 1. The normalized spacial score (nSPS) is 14.6. The van der Waals surface area contributed by atoms with Crippen LogP contribution in [0.4, 0.5) is 0 Å². The molecule has 3 nitrogen and oxygen atoms in total. The van der Waals surface area contributed by atoms with Crippen LogP contribution in [0.25, 0.3) is 0 Å². The van der Waals surface area contributed by atoms with Crippen LogP contribution in [0.2, 0.25) is 0 Å². The highest BCUT2D eigenvalue weighted by molar-refractivity contribution is 7.10. The van der Waals surface area contributed by atoms with Crippen molar-refractivity contribution in [1.29, 1.82) is 0 Å². The van der Waals surface area contributed by atoms with Crippen molar-refractivity contribution >= 4 is 11.3 Å². The fourth-order valence-corrected chi connectivity index (χ4v) is 2.59. The molecule has 2 heterocycles. The number of hydrogen-bond donors (Lipinski definition) is 2. The second-order valence-corrected chi connectivity index (χ2v) is 5.54. The number of nitrogens with one attached hydrogen (secondary N) is 1. The topological polar surface area (TPSA) is 45.4 Å². The average molecular weight is 265 g/mol. The minimum absolute atomic E-state index is 0.243. The molecule has 2 atom stereocenters. The number of aliphatic hydroxyl groups is 1. The lowest BCUT2D eigenvalue weighted by Gasteiger charge is -2.16. The van der Waals surface area contributed by atoms with Crippen LogP contribution in [0.5, 0.6) is 0 Å². The van der Waals surface area contributed by atoms with E-state index in [2.05, 4.69) is 12.2 Å². The van der Waals surface area contributed by atoms with Crippen molar-refractivity contribution < 1.29 is 9.52 Å². The molecule has 0 fully saturated rings. The van der Waals surface area contributed by atoms with Crippen molar-refractivity contribution in [3.63, 3.8) is 0 Å². The van der Waals surface area contributed by atoms with Gasteiger partial charge in [-0.1, -0.05) is 6.07 Å². The summed E-state index contributed by atoms with van der Waals surface area (Å²) in [6.07, 6.45) is 0.325. The Balaban J connectivity index is 1.76. The monoisotopic (exact) mass is 265 g/mol. The first-order valence-corrected chi connectivity index (χ1v) is 7.03. The van der Waals surface area contributed by atoms with Crippen LogP contribution in [0.1, 0.15) is 35.8 Å². The van der Waals surface area contributed by atoms with Gasteiger partial charge in [-0.05, 0) is 43.8 Å². The SMILES string of the molecule is Cc1ccc(CN[C@@H](C)C[C@H](O)c2cccs2)o1. The molecule has 98 valence electrons. The van der Waals surface area contributed by atoms with Crippen LogP contribution in [0.15, 0.2) is 34.1 Å². The molecule has 0 amide bonds. The molecule has 0 aromatic carbocycles. The van der Waals surface area contributed by atoms with Gasteiger partial charge in [0.15, 0.2) is 0 Å². The smallest absolute Gasteiger partial charge is 0.117 e. The highest BCUT2D eigenvalue weighted by Crippen LogP contribution is 2.22. The Morgan fingerprint density at radius 2 is 2.22 bits per heavy atom. The molecule has 0 aliphatic heterocycles. The first-order valence-electron chi connectivity index (χ1n) is 6.15. The van der Waals surface area contributed by atoms with Gasteiger partial charge in [-0.3, -0.25) is 0 Å². The van der Waals surface area contributed by atoms with Gasteiger partial charge in [0.25, 0.3) is 0 Å². The number of furan rings is 1. The van der Waals surface area contributed by atoms with Gasteiger partial charge in [-0.25, -0.2) is 0 Å². The number of aryl methyl sites for hydroxylation is 1. The predicted molar refractivity (Wildman–Crippen MR) is 73.6 cm³/mol. The summed E-state index contributed by atoms with van der Waals surface area (Å²) < 4.78 is 5.49. The minimum atomic E-state index is -0.383. The maximum Gasteiger partial charge on any atom is 0.117 e. The minimum Gasteiger partial charge on any atom is -0.465 e. The zero-order chi connectivity index (χ0) is 13.0. The molecular formula is C14H19NO2S. The molecule has 2 N–H and O–H groups in total. The highest BCUT2D eigenvalue weighted by Gasteiger charge is 2.13. The van der Waals surface area contributed by atoms with Crippen LogP contribution in [0.3, 0.4) is 0 Å². The van der Waals surface area contributed by atoms with Crippen molar-refractivity contribution in [2.75, 3.05) is 0 Å². The molecule has 0 aliphatic rings. The molecular weight excluding hydrogens is 246 g/mol. The third-order valence-corrected chi connectivity index (χ3v) is 3.84. The van der Waals surface area contributed by atoms with Gasteiger partial charge in [-0.15, -0.1) is 11.3 Å². The Bertz CT molecular complexity index is 464. The number of hydrogen-bond acceptors (Lipinski definition) is 4. The Labute approximate surface area is 111 Å². The van der Waals surface area contributed by atoms with E-state index in [9.17, 15) is 5.11 Å². The molecule has 2 aromatic heterocycles. The van der Waals surface area contributed by atoms with Gasteiger partial charge in [-0.2, -0.15) is 0 Å². The fourth-order valence-electron chi connectivity index (χ4n) is 1.87. The Kier molecular flexibility index (Phi) is 4.58. The van der Waals surface area contributed by atoms with Gasteiger partial charge in [0.2, 0.25) is 0 Å². The van der Waals surface area contributed by atoms with E-state index < -0.39 is 0 Å².